The van der Waals surface area contributed by atoms with Crippen molar-refractivity contribution in [1.29, 1.82) is 0 Å². The van der Waals surface area contributed by atoms with Gasteiger partial charge in [-0.1, -0.05) is 17.2 Å². The van der Waals surface area contributed by atoms with Gasteiger partial charge >= 0.3 is 12.1 Å². The smallest absolute Gasteiger partial charge is 0.329 e. The van der Waals surface area contributed by atoms with E-state index in [1.54, 1.807) is 12.1 Å². The van der Waals surface area contributed by atoms with Gasteiger partial charge in [0.05, 0.1) is 17.5 Å². The summed E-state index contributed by atoms with van der Waals surface area (Å²) >= 11 is 0. The maximum atomic E-state index is 12.4. The third kappa shape index (κ3) is 2.73. The van der Waals surface area contributed by atoms with Gasteiger partial charge in [-0.2, -0.15) is 18.3 Å². The molecule has 0 spiro atoms. The third-order valence-electron chi connectivity index (χ3n) is 3.21. The quantitative estimate of drug-likeness (QED) is 0.860. The Labute approximate surface area is 132 Å². The fourth-order valence-corrected chi connectivity index (χ4v) is 2.14. The molecule has 0 saturated carbocycles. The highest BCUT2D eigenvalue weighted by atomic mass is 19.4. The number of H-pyrrole nitrogens is 1. The number of carbonyl (C=O) groups is 3. The normalized spacial score (nSPS) is 14.0. The number of aromatic nitrogens is 2. The van der Waals surface area contributed by atoms with Crippen molar-refractivity contribution in [3.8, 4) is 0 Å². The highest BCUT2D eigenvalue weighted by Gasteiger charge is 2.39. The van der Waals surface area contributed by atoms with Crippen LogP contribution < -0.4 is 0 Å². The number of aromatic amines is 1. The van der Waals surface area contributed by atoms with Crippen LogP contribution in [0.1, 0.15) is 32.1 Å². The first-order valence-corrected chi connectivity index (χ1v) is 6.57. The summed E-state index contributed by atoms with van der Waals surface area (Å²) in [5.41, 5.74) is -1.19. The molecule has 0 unspecified atom stereocenters. The van der Waals surface area contributed by atoms with Crippen LogP contribution in [-0.4, -0.2) is 33.0 Å². The molecule has 0 aliphatic carbocycles. The highest BCUT2D eigenvalue weighted by molar-refractivity contribution is 6.20. The minimum Gasteiger partial charge on any atom is -0.329 e. The van der Waals surface area contributed by atoms with Crippen LogP contribution in [0.3, 0.4) is 0 Å². The number of nitrogens with zero attached hydrogens (tertiary/aromatic N) is 2. The molecule has 1 N–H and O–H groups in total. The molecular weight excluding hydrogens is 331 g/mol. The Morgan fingerprint density at radius 2 is 1.75 bits per heavy atom. The summed E-state index contributed by atoms with van der Waals surface area (Å²) in [4.78, 5) is 40.4. The number of amides is 2. The van der Waals surface area contributed by atoms with Crippen LogP contribution in [0.2, 0.25) is 0 Å². The number of carbonyl (C=O) groups excluding carboxylic acids is 3. The third-order valence-corrected chi connectivity index (χ3v) is 3.21. The molecule has 3 rings (SSSR count). The molecule has 2 heterocycles. The van der Waals surface area contributed by atoms with Gasteiger partial charge in [0.1, 0.15) is 0 Å². The lowest BCUT2D eigenvalue weighted by Gasteiger charge is -2.12. The molecule has 2 aromatic rings. The number of nitrogens with one attached hydrogen (secondary N) is 1. The van der Waals surface area contributed by atoms with Crippen molar-refractivity contribution in [3.05, 3.63) is 52.8 Å². The maximum Gasteiger partial charge on any atom is 0.435 e. The molecule has 1 aromatic carbocycles. The minimum absolute atomic E-state index is 0.0798. The SMILES string of the molecule is O=C(Cc1cc(C(F)(F)F)n[nH]1)ON1C(=O)c2ccccc2C1=O. The minimum atomic E-state index is -4.65. The number of hydrogen-bond acceptors (Lipinski definition) is 5. The lowest BCUT2D eigenvalue weighted by Crippen LogP contribution is -2.33. The molecule has 0 radical (unpaired) electrons. The van der Waals surface area contributed by atoms with Gasteiger partial charge in [-0.25, -0.2) is 4.79 Å². The van der Waals surface area contributed by atoms with E-state index in [0.29, 0.717) is 6.07 Å². The van der Waals surface area contributed by atoms with E-state index in [4.69, 9.17) is 0 Å². The fraction of sp³-hybridized carbons (Fsp3) is 0.143. The van der Waals surface area contributed by atoms with E-state index in [9.17, 15) is 27.6 Å². The zero-order chi connectivity index (χ0) is 17.5. The predicted octanol–water partition coefficient (Wildman–Crippen LogP) is 1.73. The average molecular weight is 339 g/mol. The highest BCUT2D eigenvalue weighted by Crippen LogP contribution is 2.28. The second-order valence-electron chi connectivity index (χ2n) is 4.87. The van der Waals surface area contributed by atoms with E-state index in [2.05, 4.69) is 9.94 Å². The van der Waals surface area contributed by atoms with Crippen LogP contribution in [0.5, 0.6) is 0 Å². The van der Waals surface area contributed by atoms with Crippen LogP contribution in [0.4, 0.5) is 13.2 Å². The number of benzene rings is 1. The van der Waals surface area contributed by atoms with Gasteiger partial charge in [-0.05, 0) is 18.2 Å². The van der Waals surface area contributed by atoms with E-state index in [1.165, 1.54) is 12.1 Å². The summed E-state index contributed by atoms with van der Waals surface area (Å²) in [5.74, 6) is -2.71. The van der Waals surface area contributed by atoms with E-state index in [0.717, 1.165) is 0 Å². The van der Waals surface area contributed by atoms with Crippen LogP contribution in [0.25, 0.3) is 0 Å². The molecule has 1 aromatic heterocycles. The first-order valence-electron chi connectivity index (χ1n) is 6.57. The van der Waals surface area contributed by atoms with E-state index in [-0.39, 0.29) is 21.9 Å². The molecule has 124 valence electrons. The summed E-state index contributed by atoms with van der Waals surface area (Å²) < 4.78 is 37.3. The Kier molecular flexibility index (Phi) is 3.59. The van der Waals surface area contributed by atoms with Crippen molar-refractivity contribution in [2.45, 2.75) is 12.6 Å². The Bertz CT molecular complexity index is 809. The molecule has 2 amide bonds. The molecule has 0 saturated heterocycles. The number of fused-ring (bicyclic) bond motifs is 1. The number of hydroxylamine groups is 2. The van der Waals surface area contributed by atoms with Crippen LogP contribution in [0, 0.1) is 0 Å². The summed E-state index contributed by atoms with van der Waals surface area (Å²) in [6.07, 6.45) is -5.27. The molecule has 24 heavy (non-hydrogen) atoms. The lowest BCUT2D eigenvalue weighted by atomic mass is 10.1. The first-order chi connectivity index (χ1) is 11.3. The second-order valence-corrected chi connectivity index (χ2v) is 4.87. The molecule has 10 heteroatoms. The molecular formula is C14H8F3N3O4. The molecule has 1 aliphatic rings. The average Bonchev–Trinajstić information content (AvgIpc) is 3.07. The van der Waals surface area contributed by atoms with E-state index >= 15 is 0 Å². The van der Waals surface area contributed by atoms with Crippen molar-refractivity contribution in [3.63, 3.8) is 0 Å². The summed E-state index contributed by atoms with van der Waals surface area (Å²) in [6, 6.07) is 6.52. The fourth-order valence-electron chi connectivity index (χ4n) is 2.14. The molecule has 7 nitrogen and oxygen atoms in total. The van der Waals surface area contributed by atoms with Crippen molar-refractivity contribution >= 4 is 17.8 Å². The molecule has 1 aliphatic heterocycles. The Balaban J connectivity index is 1.69. The van der Waals surface area contributed by atoms with Crippen molar-refractivity contribution in [1.82, 2.24) is 15.3 Å². The van der Waals surface area contributed by atoms with Crippen LogP contribution in [-0.2, 0) is 22.2 Å². The summed E-state index contributed by atoms with van der Waals surface area (Å²) in [6.45, 7) is 0. The van der Waals surface area contributed by atoms with Gasteiger partial charge in [0.25, 0.3) is 11.8 Å². The lowest BCUT2D eigenvalue weighted by molar-refractivity contribution is -0.167. The Morgan fingerprint density at radius 3 is 2.25 bits per heavy atom. The van der Waals surface area contributed by atoms with Gasteiger partial charge in [-0.15, -0.1) is 0 Å². The number of rotatable bonds is 3. The van der Waals surface area contributed by atoms with Gasteiger partial charge in [0.2, 0.25) is 0 Å². The number of halogens is 3. The van der Waals surface area contributed by atoms with Gasteiger partial charge in [-0.3, -0.25) is 14.7 Å². The van der Waals surface area contributed by atoms with E-state index in [1.807, 2.05) is 5.10 Å². The van der Waals surface area contributed by atoms with Crippen LogP contribution >= 0.6 is 0 Å². The second kappa shape index (κ2) is 5.48. The standard InChI is InChI=1S/C14H8F3N3O4/c15-14(16,17)10-5-7(18-19-10)6-11(21)24-20-12(22)8-3-1-2-4-9(8)13(20)23/h1-5H,6H2,(H,18,19). The monoisotopic (exact) mass is 339 g/mol. The van der Waals surface area contributed by atoms with Crippen molar-refractivity contribution < 1.29 is 32.4 Å². The van der Waals surface area contributed by atoms with E-state index < -0.39 is 36.1 Å². The Hall–Kier alpha value is -3.17. The molecule has 0 fully saturated rings. The number of hydrogen-bond donors (Lipinski definition) is 1. The number of alkyl halides is 3. The van der Waals surface area contributed by atoms with Crippen molar-refractivity contribution in [2.24, 2.45) is 0 Å². The number of imide groups is 1. The largest absolute Gasteiger partial charge is 0.435 e. The summed E-state index contributed by atoms with van der Waals surface area (Å²) in [5, 5.41) is 5.36. The zero-order valence-electron chi connectivity index (χ0n) is 11.8. The molecule has 0 atom stereocenters. The zero-order valence-corrected chi connectivity index (χ0v) is 11.8. The first kappa shape index (κ1) is 15.7. The van der Waals surface area contributed by atoms with Gasteiger partial charge in [0.15, 0.2) is 5.69 Å². The van der Waals surface area contributed by atoms with Crippen molar-refractivity contribution in [2.75, 3.05) is 0 Å². The topological polar surface area (TPSA) is 92.4 Å². The van der Waals surface area contributed by atoms with Gasteiger partial charge < -0.3 is 4.84 Å². The van der Waals surface area contributed by atoms with Gasteiger partial charge in [0, 0.05) is 5.69 Å². The summed E-state index contributed by atoms with van der Waals surface area (Å²) in [7, 11) is 0. The molecule has 0 bridgehead atoms. The predicted molar refractivity (Wildman–Crippen MR) is 70.3 cm³/mol. The maximum absolute atomic E-state index is 12.4. The Morgan fingerprint density at radius 1 is 1.17 bits per heavy atom. The van der Waals surface area contributed by atoms with Crippen LogP contribution in [0.15, 0.2) is 30.3 Å².